The number of primary amides is 1. The molecular weight excluding hydrogens is 190 g/mol. The number of nitrogens with one attached hydrogen (secondary N) is 1. The summed E-state index contributed by atoms with van der Waals surface area (Å²) < 4.78 is 0. The summed E-state index contributed by atoms with van der Waals surface area (Å²) in [6.07, 6.45) is 2.15. The summed E-state index contributed by atoms with van der Waals surface area (Å²) in [5, 5.41) is 3.40. The van der Waals surface area contributed by atoms with Crippen molar-refractivity contribution in [3.05, 3.63) is 0 Å². The lowest BCUT2D eigenvalue weighted by Gasteiger charge is -2.36. The Balaban J connectivity index is 1.91. The summed E-state index contributed by atoms with van der Waals surface area (Å²) in [6.45, 7) is 6.41. The molecule has 0 spiro atoms. The Kier molecular flexibility index (Phi) is 3.26. The van der Waals surface area contributed by atoms with Gasteiger partial charge in [0.2, 0.25) is 5.91 Å². The molecule has 86 valence electrons. The van der Waals surface area contributed by atoms with Gasteiger partial charge < -0.3 is 11.1 Å². The van der Waals surface area contributed by atoms with Gasteiger partial charge in [0.05, 0.1) is 5.92 Å². The molecule has 0 bridgehead atoms. The number of hydrogen-bond donors (Lipinski definition) is 2. The lowest BCUT2D eigenvalue weighted by Crippen LogP contribution is -2.48. The Labute approximate surface area is 91.2 Å². The van der Waals surface area contributed by atoms with Crippen LogP contribution in [-0.4, -0.2) is 43.0 Å². The van der Waals surface area contributed by atoms with Gasteiger partial charge in [0.25, 0.3) is 0 Å². The summed E-state index contributed by atoms with van der Waals surface area (Å²) in [4.78, 5) is 13.6. The first-order valence-corrected chi connectivity index (χ1v) is 5.92. The molecule has 0 aromatic carbocycles. The molecule has 4 nitrogen and oxygen atoms in total. The third kappa shape index (κ3) is 2.32. The molecule has 0 saturated carbocycles. The minimum Gasteiger partial charge on any atom is -0.369 e. The molecule has 0 aliphatic carbocycles. The zero-order valence-corrected chi connectivity index (χ0v) is 9.41. The van der Waals surface area contributed by atoms with Crippen LogP contribution in [0, 0.1) is 11.8 Å². The van der Waals surface area contributed by atoms with Crippen molar-refractivity contribution in [2.75, 3.05) is 26.2 Å². The second kappa shape index (κ2) is 4.49. The minimum atomic E-state index is -0.126. The summed E-state index contributed by atoms with van der Waals surface area (Å²) >= 11 is 0. The van der Waals surface area contributed by atoms with Gasteiger partial charge in [-0.2, -0.15) is 0 Å². The average Bonchev–Trinajstić information content (AvgIpc) is 2.67. The Morgan fingerprint density at radius 2 is 2.27 bits per heavy atom. The van der Waals surface area contributed by atoms with Crippen molar-refractivity contribution in [3.8, 4) is 0 Å². The Morgan fingerprint density at radius 1 is 1.47 bits per heavy atom. The van der Waals surface area contributed by atoms with E-state index in [1.165, 1.54) is 6.42 Å². The number of carbonyl (C=O) groups excluding carboxylic acids is 1. The monoisotopic (exact) mass is 211 g/mol. The molecule has 2 fully saturated rings. The van der Waals surface area contributed by atoms with Gasteiger partial charge in [0.1, 0.15) is 0 Å². The number of amides is 1. The topological polar surface area (TPSA) is 58.4 Å². The van der Waals surface area contributed by atoms with Crippen molar-refractivity contribution in [2.24, 2.45) is 17.6 Å². The van der Waals surface area contributed by atoms with E-state index in [4.69, 9.17) is 5.73 Å². The molecular formula is C11H21N3O. The van der Waals surface area contributed by atoms with Gasteiger partial charge in [-0.1, -0.05) is 6.92 Å². The molecule has 2 saturated heterocycles. The standard InChI is InChI=1S/C11H21N3O/c1-8-6-13-4-2-10(8)14-5-3-9(7-14)11(12)15/h8-10,13H,2-7H2,1H3,(H2,12,15). The normalized spacial score (nSPS) is 38.1. The third-order valence-electron chi connectivity index (χ3n) is 3.83. The van der Waals surface area contributed by atoms with Crippen molar-refractivity contribution < 1.29 is 4.79 Å². The van der Waals surface area contributed by atoms with Crippen molar-refractivity contribution >= 4 is 5.91 Å². The summed E-state index contributed by atoms with van der Waals surface area (Å²) in [7, 11) is 0. The van der Waals surface area contributed by atoms with E-state index in [1.54, 1.807) is 0 Å². The van der Waals surface area contributed by atoms with E-state index in [1.807, 2.05) is 0 Å². The summed E-state index contributed by atoms with van der Waals surface area (Å²) in [5.74, 6) is 0.650. The average molecular weight is 211 g/mol. The Bertz CT molecular complexity index is 244. The van der Waals surface area contributed by atoms with Crippen LogP contribution in [0.4, 0.5) is 0 Å². The maximum Gasteiger partial charge on any atom is 0.221 e. The van der Waals surface area contributed by atoms with Crippen LogP contribution in [0.2, 0.25) is 0 Å². The van der Waals surface area contributed by atoms with Crippen molar-refractivity contribution in [2.45, 2.75) is 25.8 Å². The van der Waals surface area contributed by atoms with Crippen LogP contribution in [0.25, 0.3) is 0 Å². The maximum absolute atomic E-state index is 11.1. The van der Waals surface area contributed by atoms with E-state index in [0.29, 0.717) is 12.0 Å². The highest BCUT2D eigenvalue weighted by atomic mass is 16.1. The van der Waals surface area contributed by atoms with E-state index in [-0.39, 0.29) is 11.8 Å². The molecule has 2 heterocycles. The molecule has 3 unspecified atom stereocenters. The molecule has 4 heteroatoms. The van der Waals surface area contributed by atoms with Crippen LogP contribution in [0.1, 0.15) is 19.8 Å². The van der Waals surface area contributed by atoms with Crippen LogP contribution < -0.4 is 11.1 Å². The molecule has 3 atom stereocenters. The lowest BCUT2D eigenvalue weighted by molar-refractivity contribution is -0.121. The van der Waals surface area contributed by atoms with E-state index < -0.39 is 0 Å². The number of nitrogens with two attached hydrogens (primary N) is 1. The number of carbonyl (C=O) groups is 1. The molecule has 2 rings (SSSR count). The highest BCUT2D eigenvalue weighted by molar-refractivity contribution is 5.77. The van der Waals surface area contributed by atoms with Crippen molar-refractivity contribution in [1.29, 1.82) is 0 Å². The fourth-order valence-electron chi connectivity index (χ4n) is 2.86. The number of likely N-dealkylation sites (tertiary alicyclic amines) is 1. The fourth-order valence-corrected chi connectivity index (χ4v) is 2.86. The van der Waals surface area contributed by atoms with Crippen LogP contribution in [-0.2, 0) is 4.79 Å². The number of rotatable bonds is 2. The van der Waals surface area contributed by atoms with Crippen LogP contribution >= 0.6 is 0 Å². The molecule has 0 aromatic rings. The van der Waals surface area contributed by atoms with Crippen molar-refractivity contribution in [3.63, 3.8) is 0 Å². The fraction of sp³-hybridized carbons (Fsp3) is 0.909. The number of piperidine rings is 1. The first kappa shape index (κ1) is 10.9. The highest BCUT2D eigenvalue weighted by Gasteiger charge is 2.34. The van der Waals surface area contributed by atoms with E-state index in [0.717, 1.165) is 32.6 Å². The SMILES string of the molecule is CC1CNCCC1N1CCC(C(N)=O)C1. The Hall–Kier alpha value is -0.610. The predicted octanol–water partition coefficient (Wildman–Crippen LogP) is -0.208. The van der Waals surface area contributed by atoms with E-state index in [2.05, 4.69) is 17.1 Å². The number of nitrogens with zero attached hydrogens (tertiary/aromatic N) is 1. The second-order valence-electron chi connectivity index (χ2n) is 4.92. The lowest BCUT2D eigenvalue weighted by atomic mass is 9.94. The molecule has 1 amide bonds. The second-order valence-corrected chi connectivity index (χ2v) is 4.92. The largest absolute Gasteiger partial charge is 0.369 e. The quantitative estimate of drug-likeness (QED) is 0.664. The molecule has 3 N–H and O–H groups in total. The smallest absolute Gasteiger partial charge is 0.221 e. The van der Waals surface area contributed by atoms with Crippen molar-refractivity contribution in [1.82, 2.24) is 10.2 Å². The van der Waals surface area contributed by atoms with Crippen LogP contribution in [0.3, 0.4) is 0 Å². The van der Waals surface area contributed by atoms with E-state index >= 15 is 0 Å². The number of hydrogen-bond acceptors (Lipinski definition) is 3. The molecule has 2 aliphatic rings. The molecule has 15 heavy (non-hydrogen) atoms. The predicted molar refractivity (Wildman–Crippen MR) is 59.3 cm³/mol. The summed E-state index contributed by atoms with van der Waals surface area (Å²) in [5.41, 5.74) is 5.35. The molecule has 0 radical (unpaired) electrons. The first-order chi connectivity index (χ1) is 7.18. The first-order valence-electron chi connectivity index (χ1n) is 5.92. The van der Waals surface area contributed by atoms with Gasteiger partial charge >= 0.3 is 0 Å². The maximum atomic E-state index is 11.1. The van der Waals surface area contributed by atoms with Crippen LogP contribution in [0.15, 0.2) is 0 Å². The molecule has 2 aliphatic heterocycles. The van der Waals surface area contributed by atoms with E-state index in [9.17, 15) is 4.79 Å². The van der Waals surface area contributed by atoms with Gasteiger partial charge in [-0.15, -0.1) is 0 Å². The molecule has 0 aromatic heterocycles. The van der Waals surface area contributed by atoms with Gasteiger partial charge in [-0.05, 0) is 38.4 Å². The van der Waals surface area contributed by atoms with Crippen LogP contribution in [0.5, 0.6) is 0 Å². The zero-order chi connectivity index (χ0) is 10.8. The third-order valence-corrected chi connectivity index (χ3v) is 3.83. The van der Waals surface area contributed by atoms with Gasteiger partial charge in [-0.25, -0.2) is 0 Å². The van der Waals surface area contributed by atoms with Gasteiger partial charge in [0.15, 0.2) is 0 Å². The zero-order valence-electron chi connectivity index (χ0n) is 9.41. The minimum absolute atomic E-state index is 0.0899. The highest BCUT2D eigenvalue weighted by Crippen LogP contribution is 2.25. The van der Waals surface area contributed by atoms with Gasteiger partial charge in [0, 0.05) is 12.6 Å². The summed E-state index contributed by atoms with van der Waals surface area (Å²) in [6, 6.07) is 0.649. The van der Waals surface area contributed by atoms with Gasteiger partial charge in [-0.3, -0.25) is 9.69 Å². The Morgan fingerprint density at radius 3 is 2.87 bits per heavy atom.